The molecule has 2 N–H and O–H groups in total. The van der Waals surface area contributed by atoms with Gasteiger partial charge in [0.15, 0.2) is 0 Å². The number of hydrogen-bond donors (Lipinski definition) is 1. The number of aliphatic imine (C=N–C) groups is 1. The Morgan fingerprint density at radius 3 is 2.64 bits per heavy atom. The zero-order valence-corrected chi connectivity index (χ0v) is 10.8. The van der Waals surface area contributed by atoms with E-state index in [1.54, 1.807) is 0 Å². The molecule has 2 unspecified atom stereocenters. The van der Waals surface area contributed by atoms with Crippen LogP contribution in [0.15, 0.2) is 4.99 Å². The third kappa shape index (κ3) is 3.73. The van der Waals surface area contributed by atoms with E-state index in [1.165, 1.54) is 11.5 Å². The van der Waals surface area contributed by atoms with E-state index in [4.69, 9.17) is 5.73 Å². The fraction of sp³-hybridized carbons (Fsp3) is 0.900. The molecule has 2 atom stereocenters. The van der Waals surface area contributed by atoms with E-state index in [-0.39, 0.29) is 0 Å². The first-order valence-corrected chi connectivity index (χ1v) is 7.24. The molecule has 0 aromatic rings. The van der Waals surface area contributed by atoms with Crippen LogP contribution in [0.4, 0.5) is 0 Å². The first-order chi connectivity index (χ1) is 6.61. The minimum absolute atomic E-state index is 0.437. The Balaban J connectivity index is 2.48. The molecular weight excluding hydrogens is 212 g/mol. The van der Waals surface area contributed by atoms with Crippen molar-refractivity contribution in [2.45, 2.75) is 31.3 Å². The van der Waals surface area contributed by atoms with Gasteiger partial charge in [-0.3, -0.25) is 4.99 Å². The molecule has 0 aromatic carbocycles. The number of nitrogens with zero attached hydrogens (tertiary/aromatic N) is 1. The molecule has 1 aliphatic heterocycles. The first kappa shape index (κ1) is 12.2. The summed E-state index contributed by atoms with van der Waals surface area (Å²) in [4.78, 5) is 4.46. The molecule has 0 amide bonds. The Hall–Kier alpha value is 0.170. The topological polar surface area (TPSA) is 38.4 Å². The minimum Gasteiger partial charge on any atom is -0.387 e. The van der Waals surface area contributed by atoms with Crippen LogP contribution in [0.2, 0.25) is 0 Å². The lowest BCUT2D eigenvalue weighted by molar-refractivity contribution is 0.663. The Morgan fingerprint density at radius 2 is 2.07 bits per heavy atom. The average molecular weight is 232 g/mol. The van der Waals surface area contributed by atoms with Gasteiger partial charge in [-0.1, -0.05) is 20.8 Å². The maximum absolute atomic E-state index is 6.00. The van der Waals surface area contributed by atoms with Gasteiger partial charge in [0, 0.05) is 23.3 Å². The van der Waals surface area contributed by atoms with E-state index in [2.05, 4.69) is 25.8 Å². The first-order valence-electron chi connectivity index (χ1n) is 5.14. The van der Waals surface area contributed by atoms with Crippen molar-refractivity contribution in [3.63, 3.8) is 0 Å². The summed E-state index contributed by atoms with van der Waals surface area (Å²) in [6, 6.07) is 0. The second-order valence-electron chi connectivity index (χ2n) is 4.03. The van der Waals surface area contributed by atoms with E-state index in [0.717, 1.165) is 12.4 Å². The van der Waals surface area contributed by atoms with Crippen LogP contribution in [-0.4, -0.2) is 34.4 Å². The van der Waals surface area contributed by atoms with E-state index >= 15 is 0 Å². The van der Waals surface area contributed by atoms with Gasteiger partial charge < -0.3 is 5.73 Å². The van der Waals surface area contributed by atoms with Crippen molar-refractivity contribution in [3.05, 3.63) is 0 Å². The molecule has 0 aliphatic carbocycles. The molecule has 1 rings (SSSR count). The minimum atomic E-state index is 0.437. The Kier molecular flexibility index (Phi) is 5.17. The molecule has 1 saturated heterocycles. The van der Waals surface area contributed by atoms with Crippen LogP contribution in [0, 0.1) is 5.92 Å². The van der Waals surface area contributed by atoms with E-state index in [1.807, 2.05) is 23.5 Å². The summed E-state index contributed by atoms with van der Waals surface area (Å²) in [5.41, 5.74) is 6.00. The van der Waals surface area contributed by atoms with Crippen molar-refractivity contribution in [1.82, 2.24) is 0 Å². The van der Waals surface area contributed by atoms with Crippen molar-refractivity contribution in [3.8, 4) is 0 Å². The molecule has 1 fully saturated rings. The van der Waals surface area contributed by atoms with Gasteiger partial charge in [-0.25, -0.2) is 0 Å². The lowest BCUT2D eigenvalue weighted by Crippen LogP contribution is -2.36. The number of thioether (sulfide) groups is 2. The maximum atomic E-state index is 6.00. The highest BCUT2D eigenvalue weighted by atomic mass is 32.2. The normalized spacial score (nSPS) is 29.6. The fourth-order valence-corrected chi connectivity index (χ4v) is 4.03. The van der Waals surface area contributed by atoms with Gasteiger partial charge in [0.25, 0.3) is 0 Å². The molecule has 0 radical (unpaired) electrons. The standard InChI is InChI=1S/C10H20N2S2/c1-7(2)6-12-10(11)9-8(3)13-4-5-14-9/h7-9H,4-6H2,1-3H3,(H2,11,12). The number of nitrogens with two attached hydrogens (primary N) is 1. The Morgan fingerprint density at radius 1 is 1.43 bits per heavy atom. The van der Waals surface area contributed by atoms with Crippen LogP contribution >= 0.6 is 23.5 Å². The molecule has 2 nitrogen and oxygen atoms in total. The van der Waals surface area contributed by atoms with E-state index in [9.17, 15) is 0 Å². The quantitative estimate of drug-likeness (QED) is 0.599. The van der Waals surface area contributed by atoms with Crippen LogP contribution < -0.4 is 5.73 Å². The highest BCUT2D eigenvalue weighted by Gasteiger charge is 2.25. The van der Waals surface area contributed by atoms with Gasteiger partial charge in [-0.15, -0.1) is 11.8 Å². The highest BCUT2D eigenvalue weighted by Crippen LogP contribution is 2.30. The summed E-state index contributed by atoms with van der Waals surface area (Å²) in [6.45, 7) is 7.45. The van der Waals surface area contributed by atoms with Gasteiger partial charge >= 0.3 is 0 Å². The molecule has 14 heavy (non-hydrogen) atoms. The third-order valence-electron chi connectivity index (χ3n) is 2.12. The number of hydrogen-bond acceptors (Lipinski definition) is 3. The van der Waals surface area contributed by atoms with Gasteiger partial charge in [-0.2, -0.15) is 11.8 Å². The highest BCUT2D eigenvalue weighted by molar-refractivity contribution is 8.07. The van der Waals surface area contributed by atoms with Crippen molar-refractivity contribution in [2.75, 3.05) is 18.1 Å². The molecule has 0 bridgehead atoms. The van der Waals surface area contributed by atoms with Crippen LogP contribution in [-0.2, 0) is 0 Å². The zero-order chi connectivity index (χ0) is 10.6. The Bertz CT molecular complexity index is 204. The lowest BCUT2D eigenvalue weighted by atomic mass is 10.2. The van der Waals surface area contributed by atoms with Gasteiger partial charge in [0.1, 0.15) is 5.84 Å². The third-order valence-corrected chi connectivity index (χ3v) is 5.24. The van der Waals surface area contributed by atoms with Gasteiger partial charge in [0.2, 0.25) is 0 Å². The summed E-state index contributed by atoms with van der Waals surface area (Å²) in [5.74, 6) is 3.91. The van der Waals surface area contributed by atoms with E-state index < -0.39 is 0 Å². The summed E-state index contributed by atoms with van der Waals surface area (Å²) < 4.78 is 0. The Labute approximate surface area is 95.5 Å². The summed E-state index contributed by atoms with van der Waals surface area (Å²) >= 11 is 3.96. The maximum Gasteiger partial charge on any atom is 0.108 e. The zero-order valence-electron chi connectivity index (χ0n) is 9.19. The molecular formula is C10H20N2S2. The summed E-state index contributed by atoms with van der Waals surface area (Å²) in [6.07, 6.45) is 0. The smallest absolute Gasteiger partial charge is 0.108 e. The molecule has 1 heterocycles. The number of amidine groups is 1. The lowest BCUT2D eigenvalue weighted by Gasteiger charge is -2.27. The predicted molar refractivity (Wildman–Crippen MR) is 69.5 cm³/mol. The SMILES string of the molecule is CC(C)CN=C(N)C1SCCSC1C. The average Bonchev–Trinajstić information content (AvgIpc) is 2.15. The van der Waals surface area contributed by atoms with Crippen molar-refractivity contribution in [1.29, 1.82) is 0 Å². The van der Waals surface area contributed by atoms with Crippen LogP contribution in [0.25, 0.3) is 0 Å². The monoisotopic (exact) mass is 232 g/mol. The largest absolute Gasteiger partial charge is 0.387 e. The molecule has 0 aromatic heterocycles. The van der Waals surface area contributed by atoms with Crippen LogP contribution in [0.3, 0.4) is 0 Å². The van der Waals surface area contributed by atoms with Crippen molar-refractivity contribution in [2.24, 2.45) is 16.6 Å². The predicted octanol–water partition coefficient (Wildman–Crippen LogP) is 2.24. The molecule has 0 spiro atoms. The molecule has 1 aliphatic rings. The van der Waals surface area contributed by atoms with Crippen LogP contribution in [0.5, 0.6) is 0 Å². The number of rotatable bonds is 3. The van der Waals surface area contributed by atoms with Crippen molar-refractivity contribution >= 4 is 29.4 Å². The molecule has 82 valence electrons. The molecule has 4 heteroatoms. The van der Waals surface area contributed by atoms with Gasteiger partial charge in [-0.05, 0) is 5.92 Å². The molecule has 0 saturated carbocycles. The fourth-order valence-electron chi connectivity index (χ4n) is 1.34. The second-order valence-corrected chi connectivity index (χ2v) is 6.76. The van der Waals surface area contributed by atoms with Crippen LogP contribution in [0.1, 0.15) is 20.8 Å². The second kappa shape index (κ2) is 5.91. The van der Waals surface area contributed by atoms with E-state index in [0.29, 0.717) is 16.4 Å². The van der Waals surface area contributed by atoms with Gasteiger partial charge in [0.05, 0.1) is 5.25 Å². The summed E-state index contributed by atoms with van der Waals surface area (Å²) in [7, 11) is 0. The summed E-state index contributed by atoms with van der Waals surface area (Å²) in [5, 5.41) is 1.05. The van der Waals surface area contributed by atoms with Crippen molar-refractivity contribution < 1.29 is 0 Å².